The topological polar surface area (TPSA) is 120 Å². The second-order valence-corrected chi connectivity index (χ2v) is 8.78. The van der Waals surface area contributed by atoms with Gasteiger partial charge in [-0.15, -0.1) is 12.4 Å². The molecule has 0 unspecified atom stereocenters. The van der Waals surface area contributed by atoms with E-state index in [0.717, 1.165) is 12.1 Å². The summed E-state index contributed by atoms with van der Waals surface area (Å²) in [6.45, 7) is -0.290. The van der Waals surface area contributed by atoms with Crippen molar-refractivity contribution in [3.8, 4) is 0 Å². The number of carbonyl (C=O) groups excluding carboxylic acids is 1. The fraction of sp³-hybridized carbons (Fsp3) is 0.300. The number of amides is 1. The quantitative estimate of drug-likeness (QED) is 0.148. The highest BCUT2D eigenvalue weighted by molar-refractivity contribution is 14.1. The largest absolute Gasteiger partial charge is 0.386 e. The van der Waals surface area contributed by atoms with Crippen molar-refractivity contribution in [2.75, 3.05) is 13.1 Å². The van der Waals surface area contributed by atoms with E-state index in [0.29, 0.717) is 3.57 Å². The third-order valence-electron chi connectivity index (χ3n) is 5.13. The predicted molar refractivity (Wildman–Crippen MR) is 123 cm³/mol. The standard InChI is InChI=1S/C20H18F3IN4O4.ClH/c21-15-4-3-13(14(18(15)23)7-11-1-2-12(24)8-16(11)22)19(29)27-9-20(30,10-27)6-5-17(25)26-28(31)32;/h1-4,8,30H,5-7,9-10H2,(H2,25,26);1H. The van der Waals surface area contributed by atoms with Crippen LogP contribution in [0.5, 0.6) is 0 Å². The molecule has 178 valence electrons. The maximum Gasteiger partial charge on any atom is 0.254 e. The number of carbonyl (C=O) groups is 1. The van der Waals surface area contributed by atoms with Gasteiger partial charge in [-0.2, -0.15) is 0 Å². The normalized spacial score (nSPS) is 14.2. The van der Waals surface area contributed by atoms with E-state index >= 15 is 0 Å². The van der Waals surface area contributed by atoms with Gasteiger partial charge in [-0.3, -0.25) is 10.2 Å². The van der Waals surface area contributed by atoms with Crippen molar-refractivity contribution in [1.82, 2.24) is 10.3 Å². The summed E-state index contributed by atoms with van der Waals surface area (Å²) in [6, 6.07) is 6.22. The van der Waals surface area contributed by atoms with Crippen molar-refractivity contribution < 1.29 is 28.1 Å². The van der Waals surface area contributed by atoms with Crippen molar-refractivity contribution in [1.29, 1.82) is 5.41 Å². The average molecular weight is 599 g/mol. The van der Waals surface area contributed by atoms with E-state index in [2.05, 4.69) is 0 Å². The molecule has 1 aliphatic rings. The van der Waals surface area contributed by atoms with Gasteiger partial charge in [-0.25, -0.2) is 23.3 Å². The fourth-order valence-corrected chi connectivity index (χ4v) is 3.93. The van der Waals surface area contributed by atoms with E-state index in [9.17, 15) is 33.2 Å². The molecule has 1 fully saturated rings. The molecule has 0 aliphatic carbocycles. The van der Waals surface area contributed by atoms with Crippen LogP contribution in [0.3, 0.4) is 0 Å². The molecule has 0 aromatic heterocycles. The fourth-order valence-electron chi connectivity index (χ4n) is 3.48. The van der Waals surface area contributed by atoms with E-state index in [1.54, 1.807) is 11.5 Å². The molecule has 0 radical (unpaired) electrons. The maximum atomic E-state index is 14.6. The molecule has 3 N–H and O–H groups in total. The van der Waals surface area contributed by atoms with Crippen LogP contribution in [0.25, 0.3) is 0 Å². The van der Waals surface area contributed by atoms with Crippen LogP contribution < -0.4 is 5.43 Å². The Morgan fingerprint density at radius 1 is 1.24 bits per heavy atom. The van der Waals surface area contributed by atoms with Crippen molar-refractivity contribution in [2.45, 2.75) is 24.9 Å². The lowest BCUT2D eigenvalue weighted by molar-refractivity contribution is -0.525. The second-order valence-electron chi connectivity index (χ2n) is 7.53. The van der Waals surface area contributed by atoms with Gasteiger partial charge in [0, 0.05) is 27.5 Å². The number of β-amino-alcohol motifs (C(OH)–C–C–N with tert-alkyl or cyclic N) is 1. The molecule has 2 aromatic rings. The summed E-state index contributed by atoms with van der Waals surface area (Å²) in [5, 5.41) is 27.3. The molecule has 0 spiro atoms. The van der Waals surface area contributed by atoms with Gasteiger partial charge < -0.3 is 10.0 Å². The van der Waals surface area contributed by atoms with Crippen LogP contribution in [0.2, 0.25) is 0 Å². The number of hydrazine groups is 1. The first-order valence-corrected chi connectivity index (χ1v) is 10.5. The van der Waals surface area contributed by atoms with Gasteiger partial charge in [0.1, 0.15) is 11.4 Å². The summed E-state index contributed by atoms with van der Waals surface area (Å²) in [5.74, 6) is -4.07. The molecule has 1 aliphatic heterocycles. The minimum atomic E-state index is -1.36. The molecule has 1 saturated heterocycles. The van der Waals surface area contributed by atoms with Gasteiger partial charge in [0.2, 0.25) is 0 Å². The van der Waals surface area contributed by atoms with Crippen molar-refractivity contribution in [2.24, 2.45) is 0 Å². The van der Waals surface area contributed by atoms with Crippen LogP contribution >= 0.6 is 35.0 Å². The van der Waals surface area contributed by atoms with Crippen molar-refractivity contribution >= 4 is 46.7 Å². The van der Waals surface area contributed by atoms with Crippen molar-refractivity contribution in [3.63, 3.8) is 0 Å². The van der Waals surface area contributed by atoms with Crippen LogP contribution in [-0.2, 0) is 6.42 Å². The van der Waals surface area contributed by atoms with Gasteiger partial charge in [0.15, 0.2) is 22.5 Å². The van der Waals surface area contributed by atoms with Gasteiger partial charge in [0.05, 0.1) is 13.1 Å². The predicted octanol–water partition coefficient (Wildman–Crippen LogP) is 3.45. The second kappa shape index (κ2) is 10.7. The van der Waals surface area contributed by atoms with Crippen LogP contribution in [0.15, 0.2) is 30.3 Å². The Hall–Kier alpha value is -2.45. The summed E-state index contributed by atoms with van der Waals surface area (Å²) in [7, 11) is 0. The van der Waals surface area contributed by atoms with Gasteiger partial charge in [0.25, 0.3) is 5.91 Å². The number of amidine groups is 1. The SMILES string of the molecule is Cl.N=C(CCC1(O)CN(C(=O)c2ccc(F)c(F)c2Cc2ccc(I)cc2F)C1)N[N+](=O)[O-]. The van der Waals surface area contributed by atoms with Crippen LogP contribution in [-0.4, -0.2) is 45.5 Å². The Bertz CT molecular complexity index is 1100. The molecule has 33 heavy (non-hydrogen) atoms. The van der Waals surface area contributed by atoms with Crippen LogP contribution in [0.1, 0.15) is 34.3 Å². The minimum absolute atomic E-state index is 0. The van der Waals surface area contributed by atoms with Crippen LogP contribution in [0.4, 0.5) is 13.2 Å². The van der Waals surface area contributed by atoms with E-state index in [-0.39, 0.29) is 61.4 Å². The zero-order valence-corrected chi connectivity index (χ0v) is 19.9. The Morgan fingerprint density at radius 2 is 1.91 bits per heavy atom. The summed E-state index contributed by atoms with van der Waals surface area (Å²) in [6.07, 6.45) is -0.452. The Kier molecular flexibility index (Phi) is 8.65. The molecule has 0 saturated carbocycles. The highest BCUT2D eigenvalue weighted by atomic mass is 127. The lowest BCUT2D eigenvalue weighted by Gasteiger charge is -2.46. The third kappa shape index (κ3) is 6.32. The lowest BCUT2D eigenvalue weighted by Crippen LogP contribution is -2.63. The third-order valence-corrected chi connectivity index (χ3v) is 5.80. The Morgan fingerprint density at radius 3 is 2.52 bits per heavy atom. The molecule has 1 heterocycles. The van der Waals surface area contributed by atoms with Crippen molar-refractivity contribution in [3.05, 3.63) is 78.2 Å². The summed E-state index contributed by atoms with van der Waals surface area (Å²) >= 11 is 1.91. The number of rotatable bonds is 7. The van der Waals surface area contributed by atoms with Crippen LogP contribution in [0, 0.1) is 36.5 Å². The van der Waals surface area contributed by atoms with Gasteiger partial charge in [-0.05, 0) is 58.8 Å². The number of aliphatic hydroxyl groups is 1. The number of halogens is 5. The number of nitrogens with zero attached hydrogens (tertiary/aromatic N) is 2. The molecular formula is C20H19ClF3IN4O4. The molecular weight excluding hydrogens is 580 g/mol. The number of nitro groups is 1. The number of hydrogen-bond acceptors (Lipinski definition) is 5. The van der Waals surface area contributed by atoms with E-state index in [1.807, 2.05) is 22.6 Å². The first-order valence-electron chi connectivity index (χ1n) is 9.40. The number of likely N-dealkylation sites (tertiary alicyclic amines) is 1. The summed E-state index contributed by atoms with van der Waals surface area (Å²) in [4.78, 5) is 24.4. The molecule has 0 atom stereocenters. The van der Waals surface area contributed by atoms with Gasteiger partial charge in [-0.1, -0.05) is 11.5 Å². The highest BCUT2D eigenvalue weighted by Gasteiger charge is 2.44. The number of nitrogens with one attached hydrogen (secondary N) is 2. The Balaban J connectivity index is 0.00000385. The van der Waals surface area contributed by atoms with Gasteiger partial charge >= 0.3 is 0 Å². The lowest BCUT2D eigenvalue weighted by atomic mass is 9.87. The molecule has 8 nitrogen and oxygen atoms in total. The minimum Gasteiger partial charge on any atom is -0.386 e. The monoisotopic (exact) mass is 598 g/mol. The average Bonchev–Trinajstić information content (AvgIpc) is 2.68. The highest BCUT2D eigenvalue weighted by Crippen LogP contribution is 2.30. The first-order chi connectivity index (χ1) is 15.0. The zero-order chi connectivity index (χ0) is 23.6. The molecule has 1 amide bonds. The molecule has 2 aromatic carbocycles. The maximum absolute atomic E-state index is 14.6. The summed E-state index contributed by atoms with van der Waals surface area (Å²) < 4.78 is 43.3. The molecule has 13 heteroatoms. The number of benzene rings is 2. The van der Waals surface area contributed by atoms with E-state index in [1.165, 1.54) is 17.0 Å². The molecule has 0 bridgehead atoms. The number of hydrogen-bond donors (Lipinski definition) is 3. The smallest absolute Gasteiger partial charge is 0.254 e. The Labute approximate surface area is 206 Å². The first kappa shape index (κ1) is 26.8. The van der Waals surface area contributed by atoms with E-state index in [4.69, 9.17) is 5.41 Å². The zero-order valence-electron chi connectivity index (χ0n) is 16.9. The van der Waals surface area contributed by atoms with E-state index < -0.39 is 39.8 Å². The summed E-state index contributed by atoms with van der Waals surface area (Å²) in [5.41, 5.74) is -0.0188. The molecule has 3 rings (SSSR count).